The summed E-state index contributed by atoms with van der Waals surface area (Å²) in [6, 6.07) is 17.4. The summed E-state index contributed by atoms with van der Waals surface area (Å²) >= 11 is 0. The molecular formula is C13H13O5P. The molecule has 100 valence electrons. The van der Waals surface area contributed by atoms with E-state index in [0.29, 0.717) is 10.6 Å². The second kappa shape index (κ2) is 6.73. The summed E-state index contributed by atoms with van der Waals surface area (Å²) < 4.78 is 12.2. The average Bonchev–Trinajstić information content (AvgIpc) is 2.40. The Bertz CT molecular complexity index is 521. The van der Waals surface area contributed by atoms with Crippen LogP contribution in [0.15, 0.2) is 60.7 Å². The van der Waals surface area contributed by atoms with Gasteiger partial charge in [0.15, 0.2) is 0 Å². The zero-order valence-electron chi connectivity index (χ0n) is 9.88. The van der Waals surface area contributed by atoms with Crippen LogP contribution < -0.4 is 10.6 Å². The van der Waals surface area contributed by atoms with Crippen molar-refractivity contribution in [1.29, 1.82) is 0 Å². The standard InChI is InChI=1S/C12H11O2P.CH2O3/c13-15(14,11-7-3-1-4-8-11)12-9-5-2-6-10-12;2-1(3)4/h1-10H,(H,13,14);(H2,2,3,4). The maximum Gasteiger partial charge on any atom is 0.503 e. The van der Waals surface area contributed by atoms with E-state index < -0.39 is 13.5 Å². The van der Waals surface area contributed by atoms with E-state index in [2.05, 4.69) is 0 Å². The van der Waals surface area contributed by atoms with Crippen molar-refractivity contribution in [2.45, 2.75) is 0 Å². The Morgan fingerprint density at radius 1 is 0.789 bits per heavy atom. The molecule has 0 heterocycles. The van der Waals surface area contributed by atoms with Gasteiger partial charge in [0, 0.05) is 10.6 Å². The summed E-state index contributed by atoms with van der Waals surface area (Å²) in [5.74, 6) is 0. The maximum absolute atomic E-state index is 12.2. The molecule has 19 heavy (non-hydrogen) atoms. The van der Waals surface area contributed by atoms with Gasteiger partial charge in [0.2, 0.25) is 0 Å². The molecule has 0 spiro atoms. The van der Waals surface area contributed by atoms with Crippen molar-refractivity contribution in [2.75, 3.05) is 0 Å². The first-order valence-electron chi connectivity index (χ1n) is 5.30. The molecule has 5 nitrogen and oxygen atoms in total. The number of hydrogen-bond acceptors (Lipinski definition) is 2. The van der Waals surface area contributed by atoms with Crippen LogP contribution in [0.25, 0.3) is 0 Å². The van der Waals surface area contributed by atoms with Gasteiger partial charge in [0.05, 0.1) is 0 Å². The van der Waals surface area contributed by atoms with Crippen molar-refractivity contribution in [3.63, 3.8) is 0 Å². The zero-order chi connectivity index (χ0) is 14.3. The van der Waals surface area contributed by atoms with E-state index in [0.717, 1.165) is 0 Å². The van der Waals surface area contributed by atoms with Crippen LogP contribution in [0.1, 0.15) is 0 Å². The predicted molar refractivity (Wildman–Crippen MR) is 72.6 cm³/mol. The lowest BCUT2D eigenvalue weighted by molar-refractivity contribution is 0.137. The highest BCUT2D eigenvalue weighted by atomic mass is 31.2. The van der Waals surface area contributed by atoms with Gasteiger partial charge in [-0.05, 0) is 24.3 Å². The van der Waals surface area contributed by atoms with E-state index in [1.165, 1.54) is 0 Å². The van der Waals surface area contributed by atoms with E-state index in [4.69, 9.17) is 15.0 Å². The molecule has 0 unspecified atom stereocenters. The second-order valence-electron chi connectivity index (χ2n) is 3.53. The normalized spacial score (nSPS) is 10.2. The van der Waals surface area contributed by atoms with Crippen LogP contribution in [-0.4, -0.2) is 21.3 Å². The fourth-order valence-corrected chi connectivity index (χ4v) is 2.86. The van der Waals surface area contributed by atoms with Crippen LogP contribution in [-0.2, 0) is 4.57 Å². The summed E-state index contributed by atoms with van der Waals surface area (Å²) in [6.07, 6.45) is -1.83. The van der Waals surface area contributed by atoms with Gasteiger partial charge in [-0.3, -0.25) is 4.57 Å². The molecule has 0 aliphatic rings. The van der Waals surface area contributed by atoms with Crippen molar-refractivity contribution < 1.29 is 24.5 Å². The Balaban J connectivity index is 0.000000399. The molecule has 0 radical (unpaired) electrons. The molecule has 3 N–H and O–H groups in total. The molecule has 0 aliphatic carbocycles. The maximum atomic E-state index is 12.2. The van der Waals surface area contributed by atoms with E-state index in [1.54, 1.807) is 48.5 Å². The lowest BCUT2D eigenvalue weighted by Crippen LogP contribution is -2.14. The minimum Gasteiger partial charge on any atom is -0.450 e. The highest BCUT2D eigenvalue weighted by Crippen LogP contribution is 2.37. The minimum atomic E-state index is -3.40. The molecule has 6 heteroatoms. The van der Waals surface area contributed by atoms with Crippen molar-refractivity contribution in [1.82, 2.24) is 0 Å². The largest absolute Gasteiger partial charge is 0.503 e. The summed E-state index contributed by atoms with van der Waals surface area (Å²) in [5, 5.41) is 14.9. The summed E-state index contributed by atoms with van der Waals surface area (Å²) in [6.45, 7) is 0. The number of carboxylic acid groups (broad SMARTS) is 2. The average molecular weight is 280 g/mol. The smallest absolute Gasteiger partial charge is 0.450 e. The third-order valence-electron chi connectivity index (χ3n) is 2.21. The van der Waals surface area contributed by atoms with Gasteiger partial charge in [-0.25, -0.2) is 4.79 Å². The first-order chi connectivity index (χ1) is 8.94. The molecule has 0 saturated carbocycles. The highest BCUT2D eigenvalue weighted by molar-refractivity contribution is 7.73. The monoisotopic (exact) mass is 280 g/mol. The lowest BCUT2D eigenvalue weighted by atomic mass is 10.4. The van der Waals surface area contributed by atoms with Crippen LogP contribution in [0.4, 0.5) is 4.79 Å². The molecule has 2 rings (SSSR count). The molecule has 0 saturated heterocycles. The molecule has 0 amide bonds. The molecule has 0 bridgehead atoms. The van der Waals surface area contributed by atoms with Gasteiger partial charge in [0.1, 0.15) is 0 Å². The number of benzene rings is 2. The van der Waals surface area contributed by atoms with E-state index in [1.807, 2.05) is 12.1 Å². The van der Waals surface area contributed by atoms with E-state index in [9.17, 15) is 9.46 Å². The van der Waals surface area contributed by atoms with Gasteiger partial charge >= 0.3 is 6.16 Å². The zero-order valence-corrected chi connectivity index (χ0v) is 10.8. The second-order valence-corrected chi connectivity index (χ2v) is 5.71. The topological polar surface area (TPSA) is 94.8 Å². The first kappa shape index (κ1) is 15.0. The molecule has 0 aliphatic heterocycles. The lowest BCUT2D eigenvalue weighted by Gasteiger charge is -2.11. The third-order valence-corrected chi connectivity index (χ3v) is 4.21. The Hall–Kier alpha value is -2.10. The van der Waals surface area contributed by atoms with Gasteiger partial charge < -0.3 is 15.1 Å². The minimum absolute atomic E-state index is 0.469. The highest BCUT2D eigenvalue weighted by Gasteiger charge is 2.22. The Labute approximate surface area is 110 Å². The van der Waals surface area contributed by atoms with Crippen molar-refractivity contribution in [3.05, 3.63) is 60.7 Å². The molecule has 0 fully saturated rings. The van der Waals surface area contributed by atoms with Crippen LogP contribution in [0.2, 0.25) is 0 Å². The first-order valence-corrected chi connectivity index (χ1v) is 6.96. The molecule has 2 aromatic carbocycles. The molecule has 0 atom stereocenters. The molecule has 0 aromatic heterocycles. The third kappa shape index (κ3) is 4.58. The fraction of sp³-hybridized carbons (Fsp3) is 0. The van der Waals surface area contributed by atoms with Crippen LogP contribution in [0, 0.1) is 0 Å². The van der Waals surface area contributed by atoms with Crippen LogP contribution in [0.3, 0.4) is 0 Å². The van der Waals surface area contributed by atoms with Crippen molar-refractivity contribution in [2.24, 2.45) is 0 Å². The van der Waals surface area contributed by atoms with Crippen molar-refractivity contribution >= 4 is 24.1 Å². The molecular weight excluding hydrogens is 267 g/mol. The quantitative estimate of drug-likeness (QED) is 0.732. The number of carbonyl (C=O) groups is 1. The van der Waals surface area contributed by atoms with E-state index >= 15 is 0 Å². The molecule has 2 aromatic rings. The SMILES string of the molecule is O=C(O)O.O=P(O)(c1ccccc1)c1ccccc1. The Morgan fingerprint density at radius 3 is 1.32 bits per heavy atom. The van der Waals surface area contributed by atoms with E-state index in [-0.39, 0.29) is 0 Å². The van der Waals surface area contributed by atoms with Gasteiger partial charge in [0.25, 0.3) is 7.37 Å². The number of hydrogen-bond donors (Lipinski definition) is 3. The van der Waals surface area contributed by atoms with Crippen LogP contribution >= 0.6 is 7.37 Å². The summed E-state index contributed by atoms with van der Waals surface area (Å²) in [4.78, 5) is 18.6. The van der Waals surface area contributed by atoms with Gasteiger partial charge in [-0.2, -0.15) is 0 Å². The summed E-state index contributed by atoms with van der Waals surface area (Å²) in [5.41, 5.74) is 0. The van der Waals surface area contributed by atoms with Gasteiger partial charge in [-0.1, -0.05) is 36.4 Å². The predicted octanol–water partition coefficient (Wildman–Crippen LogP) is 2.13. The number of rotatable bonds is 2. The van der Waals surface area contributed by atoms with Crippen LogP contribution in [0.5, 0.6) is 0 Å². The Morgan fingerprint density at radius 2 is 1.05 bits per heavy atom. The van der Waals surface area contributed by atoms with Crippen molar-refractivity contribution in [3.8, 4) is 0 Å². The van der Waals surface area contributed by atoms with Gasteiger partial charge in [-0.15, -0.1) is 0 Å². The fourth-order valence-electron chi connectivity index (χ4n) is 1.41. The Kier molecular flexibility index (Phi) is 5.30. The summed E-state index contributed by atoms with van der Waals surface area (Å²) in [7, 11) is -3.40.